The molecule has 0 unspecified atom stereocenters. The van der Waals surface area contributed by atoms with E-state index in [0.717, 1.165) is 17.8 Å². The van der Waals surface area contributed by atoms with Crippen molar-refractivity contribution in [2.24, 2.45) is 0 Å². The molecule has 2 aromatic heterocycles. The lowest BCUT2D eigenvalue weighted by Gasteiger charge is -2.05. The maximum atomic E-state index is 12.7. The Bertz CT molecular complexity index is 1390. The molecule has 0 amide bonds. The zero-order chi connectivity index (χ0) is 22.8. The molecule has 2 aromatic carbocycles. The largest absolute Gasteiger partial charge is 0.744 e. The molecule has 0 saturated heterocycles. The number of nitrogens with zero attached hydrogens (tertiary/aromatic N) is 1. The summed E-state index contributed by atoms with van der Waals surface area (Å²) >= 11 is 1.55. The molecule has 0 atom stereocenters. The first kappa shape index (κ1) is 22.7. The summed E-state index contributed by atoms with van der Waals surface area (Å²) < 4.78 is 38.9. The van der Waals surface area contributed by atoms with Crippen LogP contribution in [0.15, 0.2) is 67.5 Å². The van der Waals surface area contributed by atoms with Crippen LogP contribution in [-0.2, 0) is 16.7 Å². The van der Waals surface area contributed by atoms with E-state index < -0.39 is 10.1 Å². The number of aryl methyl sites for hydroxylation is 3. The topological polar surface area (TPSA) is 112 Å². The molecule has 0 saturated carbocycles. The Morgan fingerprint density at radius 3 is 2.42 bits per heavy atom. The average molecular weight is 460 g/mol. The molecule has 4 rings (SSSR count). The van der Waals surface area contributed by atoms with E-state index in [4.69, 9.17) is 4.42 Å². The van der Waals surface area contributed by atoms with Crippen molar-refractivity contribution in [3.05, 3.63) is 74.9 Å². The number of rotatable bonds is 3. The van der Waals surface area contributed by atoms with Crippen LogP contribution < -0.4 is 10.00 Å². The Morgan fingerprint density at radius 1 is 1.13 bits per heavy atom. The molecule has 4 aromatic rings. The fourth-order valence-electron chi connectivity index (χ4n) is 3.04. The number of phenols is 1. The van der Waals surface area contributed by atoms with E-state index >= 15 is 0 Å². The van der Waals surface area contributed by atoms with Crippen LogP contribution in [0, 0.1) is 13.8 Å². The van der Waals surface area contributed by atoms with E-state index in [9.17, 15) is 22.9 Å². The molecule has 0 bridgehead atoms. The SMILES string of the molecule is CC[n+]1cscc1-c1c(C)oc2cc(O)ccc2c1=O.Cc1ccc(S(=O)(=O)[O-])cc1. The molecule has 0 spiro atoms. The summed E-state index contributed by atoms with van der Waals surface area (Å²) in [7, 11) is -4.27. The van der Waals surface area contributed by atoms with Gasteiger partial charge in [0.05, 0.1) is 15.7 Å². The highest BCUT2D eigenvalue weighted by Crippen LogP contribution is 2.25. The van der Waals surface area contributed by atoms with Gasteiger partial charge in [-0.3, -0.25) is 4.79 Å². The highest BCUT2D eigenvalue weighted by Gasteiger charge is 2.22. The summed E-state index contributed by atoms with van der Waals surface area (Å²) in [6, 6.07) is 10.3. The van der Waals surface area contributed by atoms with Crippen LogP contribution in [0.1, 0.15) is 18.2 Å². The van der Waals surface area contributed by atoms with E-state index in [1.165, 1.54) is 24.3 Å². The number of aromatic hydroxyl groups is 1. The van der Waals surface area contributed by atoms with Crippen molar-refractivity contribution >= 4 is 32.4 Å². The molecule has 162 valence electrons. The summed E-state index contributed by atoms with van der Waals surface area (Å²) in [5.41, 5.74) is 4.72. The molecule has 1 N–H and O–H groups in total. The number of aromatic nitrogens is 1. The van der Waals surface area contributed by atoms with Crippen molar-refractivity contribution in [2.75, 3.05) is 0 Å². The molecule has 0 radical (unpaired) electrons. The van der Waals surface area contributed by atoms with Gasteiger partial charge in [-0.25, -0.2) is 8.42 Å². The highest BCUT2D eigenvalue weighted by molar-refractivity contribution is 7.85. The van der Waals surface area contributed by atoms with Crippen molar-refractivity contribution in [1.29, 1.82) is 0 Å². The number of thiazole rings is 1. The van der Waals surface area contributed by atoms with E-state index in [2.05, 4.69) is 0 Å². The lowest BCUT2D eigenvalue weighted by atomic mass is 10.1. The lowest BCUT2D eigenvalue weighted by Crippen LogP contribution is -2.33. The van der Waals surface area contributed by atoms with Gasteiger partial charge in [0, 0.05) is 6.07 Å². The molecule has 2 heterocycles. The first-order chi connectivity index (χ1) is 14.6. The molecular weight excluding hydrogens is 438 g/mol. The van der Waals surface area contributed by atoms with Crippen LogP contribution in [0.3, 0.4) is 0 Å². The fourth-order valence-corrected chi connectivity index (χ4v) is 4.36. The molecule has 31 heavy (non-hydrogen) atoms. The summed E-state index contributed by atoms with van der Waals surface area (Å²) in [6.07, 6.45) is 0. The number of phenolic OH excluding ortho intramolecular Hbond substituents is 1. The third-order valence-corrected chi connectivity index (χ3v) is 6.22. The van der Waals surface area contributed by atoms with Crippen LogP contribution >= 0.6 is 11.3 Å². The summed E-state index contributed by atoms with van der Waals surface area (Å²) in [5.74, 6) is 0.653. The van der Waals surface area contributed by atoms with Crippen LogP contribution in [0.2, 0.25) is 0 Å². The van der Waals surface area contributed by atoms with Crippen LogP contribution in [0.5, 0.6) is 5.75 Å². The number of hydrogen-bond acceptors (Lipinski definition) is 7. The standard InChI is InChI=1S/C15H13NO3S.C7H8O3S/c1-3-16-8-20-7-12(16)14-9(2)19-13-6-10(17)4-5-11(13)15(14)18;1-6-2-4-7(5-3-6)11(8,9)10/h4-8H,3H2,1-2H3;2-5H,1H3,(H,8,9,10). The minimum atomic E-state index is -4.27. The van der Waals surface area contributed by atoms with Crippen LogP contribution in [0.25, 0.3) is 22.2 Å². The van der Waals surface area contributed by atoms with Gasteiger partial charge < -0.3 is 14.1 Å². The second-order valence-corrected chi connectivity index (χ2v) is 8.94. The minimum Gasteiger partial charge on any atom is -0.744 e. The van der Waals surface area contributed by atoms with Crippen molar-refractivity contribution in [3.63, 3.8) is 0 Å². The minimum absolute atomic E-state index is 0.0654. The predicted octanol–water partition coefficient (Wildman–Crippen LogP) is 3.74. The molecule has 0 aliphatic carbocycles. The summed E-state index contributed by atoms with van der Waals surface area (Å²) in [4.78, 5) is 12.5. The third-order valence-electron chi connectivity index (χ3n) is 4.64. The quantitative estimate of drug-likeness (QED) is 0.369. The van der Waals surface area contributed by atoms with Crippen molar-refractivity contribution in [1.82, 2.24) is 0 Å². The van der Waals surface area contributed by atoms with Gasteiger partial charge >= 0.3 is 0 Å². The van der Waals surface area contributed by atoms with E-state index in [1.54, 1.807) is 36.5 Å². The third kappa shape index (κ3) is 5.01. The number of hydrogen-bond donors (Lipinski definition) is 1. The Balaban J connectivity index is 0.000000210. The van der Waals surface area contributed by atoms with Gasteiger partial charge in [-0.2, -0.15) is 4.57 Å². The normalized spacial score (nSPS) is 11.2. The van der Waals surface area contributed by atoms with Crippen molar-refractivity contribution in [2.45, 2.75) is 32.2 Å². The first-order valence-electron chi connectivity index (χ1n) is 9.36. The summed E-state index contributed by atoms with van der Waals surface area (Å²) in [5, 5.41) is 11.9. The van der Waals surface area contributed by atoms with Gasteiger partial charge in [0.15, 0.2) is 0 Å². The maximum Gasteiger partial charge on any atom is 0.230 e. The summed E-state index contributed by atoms with van der Waals surface area (Å²) in [6.45, 7) is 6.43. The second-order valence-electron chi connectivity index (χ2n) is 6.84. The molecular formula is C22H21NO6S2. The van der Waals surface area contributed by atoms with Gasteiger partial charge in [0.25, 0.3) is 0 Å². The van der Waals surface area contributed by atoms with E-state index in [0.29, 0.717) is 22.3 Å². The zero-order valence-electron chi connectivity index (χ0n) is 17.2. The first-order valence-corrected chi connectivity index (χ1v) is 11.7. The van der Waals surface area contributed by atoms with Gasteiger partial charge in [-0.1, -0.05) is 29.0 Å². The Hall–Kier alpha value is -3.01. The smallest absolute Gasteiger partial charge is 0.230 e. The molecule has 0 aliphatic rings. The fraction of sp³-hybridized carbons (Fsp3) is 0.182. The van der Waals surface area contributed by atoms with Crippen LogP contribution in [-0.4, -0.2) is 18.1 Å². The highest BCUT2D eigenvalue weighted by atomic mass is 32.2. The lowest BCUT2D eigenvalue weighted by molar-refractivity contribution is -0.678. The number of benzene rings is 2. The molecule has 9 heteroatoms. The van der Waals surface area contributed by atoms with Gasteiger partial charge in [0.2, 0.25) is 16.6 Å². The van der Waals surface area contributed by atoms with Gasteiger partial charge in [-0.05, 0) is 45.0 Å². The Morgan fingerprint density at radius 2 is 1.81 bits per heavy atom. The monoisotopic (exact) mass is 459 g/mol. The molecule has 7 nitrogen and oxygen atoms in total. The Labute approximate surface area is 183 Å². The predicted molar refractivity (Wildman–Crippen MR) is 117 cm³/mol. The zero-order valence-corrected chi connectivity index (χ0v) is 18.8. The van der Waals surface area contributed by atoms with Crippen molar-refractivity contribution < 1.29 is 27.1 Å². The van der Waals surface area contributed by atoms with Crippen LogP contribution in [0.4, 0.5) is 0 Å². The van der Waals surface area contributed by atoms with E-state index in [-0.39, 0.29) is 16.1 Å². The van der Waals surface area contributed by atoms with Crippen molar-refractivity contribution in [3.8, 4) is 17.0 Å². The number of fused-ring (bicyclic) bond motifs is 1. The molecule has 0 aliphatic heterocycles. The Kier molecular flexibility index (Phi) is 6.59. The second kappa shape index (κ2) is 9.01. The van der Waals surface area contributed by atoms with E-state index in [1.807, 2.05) is 29.3 Å². The average Bonchev–Trinajstić information content (AvgIpc) is 3.16. The van der Waals surface area contributed by atoms with Gasteiger partial charge in [0.1, 0.15) is 39.3 Å². The van der Waals surface area contributed by atoms with Gasteiger partial charge in [-0.15, -0.1) is 0 Å². The molecule has 0 fully saturated rings. The maximum absolute atomic E-state index is 12.7.